The van der Waals surface area contributed by atoms with E-state index in [0.717, 1.165) is 11.3 Å². The van der Waals surface area contributed by atoms with Gasteiger partial charge < -0.3 is 4.42 Å². The van der Waals surface area contributed by atoms with E-state index in [4.69, 9.17) is 16.0 Å². The fourth-order valence-corrected chi connectivity index (χ4v) is 2.68. The second-order valence-corrected chi connectivity index (χ2v) is 5.92. The summed E-state index contributed by atoms with van der Waals surface area (Å²) in [4.78, 5) is 14.6. The molecule has 0 spiro atoms. The van der Waals surface area contributed by atoms with Gasteiger partial charge in [-0.3, -0.25) is 9.69 Å². The van der Waals surface area contributed by atoms with Crippen molar-refractivity contribution in [1.29, 1.82) is 0 Å². The molecule has 0 unspecified atom stereocenters. The Bertz CT molecular complexity index is 547. The summed E-state index contributed by atoms with van der Waals surface area (Å²) in [6.45, 7) is 3.00. The van der Waals surface area contributed by atoms with E-state index in [1.165, 1.54) is 11.3 Å². The molecule has 3 nitrogen and oxygen atoms in total. The van der Waals surface area contributed by atoms with Gasteiger partial charge in [0, 0.05) is 12.1 Å². The van der Waals surface area contributed by atoms with Gasteiger partial charge in [0.1, 0.15) is 5.76 Å². The molecule has 0 amide bonds. The van der Waals surface area contributed by atoms with E-state index < -0.39 is 0 Å². The van der Waals surface area contributed by atoms with Crippen LogP contribution in [-0.4, -0.2) is 24.3 Å². The van der Waals surface area contributed by atoms with Gasteiger partial charge in [0.05, 0.1) is 22.0 Å². The minimum atomic E-state index is 0.0931. The molecule has 0 saturated heterocycles. The third-order valence-corrected chi connectivity index (χ3v) is 3.94. The molecular formula is C13H14ClNO2S. The fourth-order valence-electron chi connectivity index (χ4n) is 1.71. The average molecular weight is 284 g/mol. The van der Waals surface area contributed by atoms with Gasteiger partial charge in [0.2, 0.25) is 0 Å². The van der Waals surface area contributed by atoms with Crippen molar-refractivity contribution in [3.63, 3.8) is 0 Å². The van der Waals surface area contributed by atoms with Crippen LogP contribution < -0.4 is 0 Å². The minimum Gasteiger partial charge on any atom is -0.469 e. The molecule has 2 aromatic heterocycles. The summed E-state index contributed by atoms with van der Waals surface area (Å²) in [5, 5.41) is 0. The third kappa shape index (κ3) is 3.22. The molecule has 0 aliphatic rings. The second kappa shape index (κ2) is 5.69. The predicted octanol–water partition coefficient (Wildman–Crippen LogP) is 3.62. The van der Waals surface area contributed by atoms with Crippen molar-refractivity contribution in [3.8, 4) is 0 Å². The van der Waals surface area contributed by atoms with Gasteiger partial charge in [-0.2, -0.15) is 0 Å². The van der Waals surface area contributed by atoms with Gasteiger partial charge in [0.25, 0.3) is 0 Å². The molecule has 2 aromatic rings. The molecule has 96 valence electrons. The van der Waals surface area contributed by atoms with Crippen LogP contribution in [0.3, 0.4) is 0 Å². The molecule has 0 bridgehead atoms. The summed E-state index contributed by atoms with van der Waals surface area (Å²) in [5.74, 6) is 0.990. The highest BCUT2D eigenvalue weighted by atomic mass is 35.5. The van der Waals surface area contributed by atoms with E-state index in [-0.39, 0.29) is 5.78 Å². The number of rotatable bonds is 5. The number of thiophene rings is 1. The Balaban J connectivity index is 1.93. The molecule has 0 aliphatic heterocycles. The fraction of sp³-hybridized carbons (Fsp3) is 0.308. The molecule has 0 radical (unpaired) electrons. The number of aryl methyl sites for hydroxylation is 1. The SMILES string of the molecule is Cc1occc1CN(C)CC(=O)c1ccc(Cl)s1. The van der Waals surface area contributed by atoms with Crippen molar-refractivity contribution in [2.75, 3.05) is 13.6 Å². The summed E-state index contributed by atoms with van der Waals surface area (Å²) in [6.07, 6.45) is 1.67. The Hall–Kier alpha value is -1.10. The van der Waals surface area contributed by atoms with Crippen LogP contribution in [0.15, 0.2) is 28.9 Å². The summed E-state index contributed by atoms with van der Waals surface area (Å²) >= 11 is 7.14. The number of hydrogen-bond donors (Lipinski definition) is 0. The molecule has 0 aromatic carbocycles. The second-order valence-electron chi connectivity index (χ2n) is 4.20. The van der Waals surface area contributed by atoms with Crippen molar-refractivity contribution in [2.45, 2.75) is 13.5 Å². The Morgan fingerprint density at radius 1 is 1.44 bits per heavy atom. The van der Waals surface area contributed by atoms with Gasteiger partial charge in [0.15, 0.2) is 5.78 Å². The molecule has 0 fully saturated rings. The molecule has 0 N–H and O–H groups in total. The first-order valence-electron chi connectivity index (χ1n) is 5.56. The highest BCUT2D eigenvalue weighted by molar-refractivity contribution is 7.18. The number of carbonyl (C=O) groups is 1. The lowest BCUT2D eigenvalue weighted by Gasteiger charge is -2.14. The number of carbonyl (C=O) groups excluding carboxylic acids is 1. The molecule has 0 atom stereocenters. The van der Waals surface area contributed by atoms with Crippen LogP contribution in [0.5, 0.6) is 0 Å². The molecule has 5 heteroatoms. The Labute approximate surface area is 115 Å². The van der Waals surface area contributed by atoms with Gasteiger partial charge >= 0.3 is 0 Å². The summed E-state index contributed by atoms with van der Waals surface area (Å²) < 4.78 is 5.88. The maximum atomic E-state index is 12.0. The number of likely N-dealkylation sites (N-methyl/N-ethyl adjacent to an activating group) is 1. The third-order valence-electron chi connectivity index (χ3n) is 2.67. The number of Topliss-reactive ketones (excluding diaryl/α,β-unsaturated/α-hetero) is 1. The normalized spacial score (nSPS) is 11.1. The van der Waals surface area contributed by atoms with Crippen LogP contribution >= 0.6 is 22.9 Å². The van der Waals surface area contributed by atoms with Crippen LogP contribution in [0.25, 0.3) is 0 Å². The number of furan rings is 1. The Kier molecular flexibility index (Phi) is 4.22. The van der Waals surface area contributed by atoms with Crippen LogP contribution in [0.4, 0.5) is 0 Å². The lowest BCUT2D eigenvalue weighted by atomic mass is 10.2. The first-order valence-corrected chi connectivity index (χ1v) is 6.76. The monoisotopic (exact) mass is 283 g/mol. The lowest BCUT2D eigenvalue weighted by Crippen LogP contribution is -2.25. The van der Waals surface area contributed by atoms with E-state index in [2.05, 4.69) is 0 Å². The van der Waals surface area contributed by atoms with Gasteiger partial charge in [-0.05, 0) is 32.2 Å². The van der Waals surface area contributed by atoms with E-state index in [1.54, 1.807) is 18.4 Å². The van der Waals surface area contributed by atoms with E-state index >= 15 is 0 Å². The van der Waals surface area contributed by atoms with Gasteiger partial charge in [-0.15, -0.1) is 11.3 Å². The zero-order valence-electron chi connectivity index (χ0n) is 10.3. The molecular weight excluding hydrogens is 270 g/mol. The summed E-state index contributed by atoms with van der Waals surface area (Å²) in [5.41, 5.74) is 1.11. The predicted molar refractivity (Wildman–Crippen MR) is 73.4 cm³/mol. The number of hydrogen-bond acceptors (Lipinski definition) is 4. The largest absolute Gasteiger partial charge is 0.469 e. The molecule has 18 heavy (non-hydrogen) atoms. The van der Waals surface area contributed by atoms with Crippen molar-refractivity contribution < 1.29 is 9.21 Å². The average Bonchev–Trinajstić information content (AvgIpc) is 2.89. The van der Waals surface area contributed by atoms with Crippen LogP contribution in [0.1, 0.15) is 21.0 Å². The Morgan fingerprint density at radius 2 is 2.22 bits per heavy atom. The minimum absolute atomic E-state index is 0.0931. The molecule has 2 heterocycles. The summed E-state index contributed by atoms with van der Waals surface area (Å²) in [7, 11) is 1.92. The maximum absolute atomic E-state index is 12.0. The molecule has 0 aliphatic carbocycles. The standard InChI is InChI=1S/C13H14ClNO2S/c1-9-10(5-6-17-9)7-15(2)8-11(16)12-3-4-13(14)18-12/h3-6H,7-8H2,1-2H3. The van der Waals surface area contributed by atoms with E-state index in [0.29, 0.717) is 22.3 Å². The van der Waals surface area contributed by atoms with E-state index in [9.17, 15) is 4.79 Å². The van der Waals surface area contributed by atoms with Crippen LogP contribution in [0.2, 0.25) is 4.34 Å². The highest BCUT2D eigenvalue weighted by Gasteiger charge is 2.13. The first kappa shape index (κ1) is 13.3. The van der Waals surface area contributed by atoms with Crippen LogP contribution in [0, 0.1) is 6.92 Å². The van der Waals surface area contributed by atoms with Crippen molar-refractivity contribution in [3.05, 3.63) is 45.0 Å². The topological polar surface area (TPSA) is 33.5 Å². The molecule has 0 saturated carbocycles. The first-order chi connectivity index (χ1) is 8.56. The van der Waals surface area contributed by atoms with Gasteiger partial charge in [-0.25, -0.2) is 0 Å². The zero-order chi connectivity index (χ0) is 13.1. The smallest absolute Gasteiger partial charge is 0.186 e. The van der Waals surface area contributed by atoms with Crippen molar-refractivity contribution in [1.82, 2.24) is 4.90 Å². The maximum Gasteiger partial charge on any atom is 0.186 e. The highest BCUT2D eigenvalue weighted by Crippen LogP contribution is 2.22. The zero-order valence-corrected chi connectivity index (χ0v) is 11.8. The summed E-state index contributed by atoms with van der Waals surface area (Å²) in [6, 6.07) is 5.45. The molecule has 2 rings (SSSR count). The Morgan fingerprint density at radius 3 is 2.78 bits per heavy atom. The van der Waals surface area contributed by atoms with Gasteiger partial charge in [-0.1, -0.05) is 11.6 Å². The van der Waals surface area contributed by atoms with E-state index in [1.807, 2.05) is 24.9 Å². The lowest BCUT2D eigenvalue weighted by molar-refractivity contribution is 0.0947. The van der Waals surface area contributed by atoms with Crippen molar-refractivity contribution in [2.24, 2.45) is 0 Å². The quantitative estimate of drug-likeness (QED) is 0.786. The number of nitrogens with zero attached hydrogens (tertiary/aromatic N) is 1. The van der Waals surface area contributed by atoms with Crippen molar-refractivity contribution >= 4 is 28.7 Å². The number of ketones is 1. The number of halogens is 1. The van der Waals surface area contributed by atoms with Crippen LogP contribution in [-0.2, 0) is 6.54 Å².